The fourth-order valence-corrected chi connectivity index (χ4v) is 2.51. The van der Waals surface area contributed by atoms with Gasteiger partial charge >= 0.3 is 5.97 Å². The van der Waals surface area contributed by atoms with E-state index in [9.17, 15) is 4.79 Å². The van der Waals surface area contributed by atoms with Crippen LogP contribution >= 0.6 is 11.8 Å². The first-order valence-electron chi connectivity index (χ1n) is 5.66. The summed E-state index contributed by atoms with van der Waals surface area (Å²) in [6, 6.07) is 0. The van der Waals surface area contributed by atoms with Crippen molar-refractivity contribution in [2.75, 3.05) is 19.8 Å². The average molecular weight is 257 g/mol. The molecule has 2 heterocycles. The molecule has 1 aromatic heterocycles. The van der Waals surface area contributed by atoms with Crippen molar-refractivity contribution in [3.8, 4) is 0 Å². The highest BCUT2D eigenvalue weighted by atomic mass is 32.2. The first kappa shape index (κ1) is 12.4. The zero-order chi connectivity index (χ0) is 12.1. The summed E-state index contributed by atoms with van der Waals surface area (Å²) < 4.78 is 15.4. The van der Waals surface area contributed by atoms with Gasteiger partial charge in [-0.25, -0.2) is 4.79 Å². The van der Waals surface area contributed by atoms with Gasteiger partial charge in [-0.1, -0.05) is 11.8 Å². The molecule has 6 heteroatoms. The van der Waals surface area contributed by atoms with Crippen LogP contribution in [0.2, 0.25) is 0 Å². The fourth-order valence-electron chi connectivity index (χ4n) is 1.55. The minimum absolute atomic E-state index is 0.237. The minimum Gasteiger partial charge on any atom is -0.461 e. The van der Waals surface area contributed by atoms with Gasteiger partial charge in [-0.15, -0.1) is 0 Å². The Kier molecular flexibility index (Phi) is 4.44. The molecule has 1 fully saturated rings. The second kappa shape index (κ2) is 6.07. The molecule has 0 atom stereocenters. The number of carbonyl (C=O) groups is 1. The van der Waals surface area contributed by atoms with E-state index in [-0.39, 0.29) is 5.69 Å². The maximum Gasteiger partial charge on any atom is 0.360 e. The van der Waals surface area contributed by atoms with Gasteiger partial charge in [-0.05, 0) is 19.8 Å². The number of aromatic nitrogens is 1. The van der Waals surface area contributed by atoms with Gasteiger partial charge in [0.1, 0.15) is 6.26 Å². The molecule has 17 heavy (non-hydrogen) atoms. The molecule has 1 aliphatic heterocycles. The van der Waals surface area contributed by atoms with Crippen molar-refractivity contribution >= 4 is 17.7 Å². The van der Waals surface area contributed by atoms with E-state index in [1.807, 2.05) is 0 Å². The SMILES string of the molecule is CCOC(=O)c1coc(SC2CCOCC2)n1. The second-order valence-corrected chi connectivity index (χ2v) is 4.90. The number of hydrogen-bond acceptors (Lipinski definition) is 6. The highest BCUT2D eigenvalue weighted by Crippen LogP contribution is 2.29. The number of esters is 1. The Balaban J connectivity index is 1.91. The predicted octanol–water partition coefficient (Wildman–Crippen LogP) is 2.12. The van der Waals surface area contributed by atoms with Crippen LogP contribution in [0.15, 0.2) is 15.9 Å². The van der Waals surface area contributed by atoms with Crippen molar-refractivity contribution in [2.45, 2.75) is 30.2 Å². The van der Waals surface area contributed by atoms with Crippen molar-refractivity contribution in [3.63, 3.8) is 0 Å². The normalized spacial score (nSPS) is 17.0. The molecule has 94 valence electrons. The third-order valence-electron chi connectivity index (χ3n) is 2.40. The van der Waals surface area contributed by atoms with Crippen LogP contribution in [-0.4, -0.2) is 36.0 Å². The molecule has 0 spiro atoms. The quantitative estimate of drug-likeness (QED) is 0.770. The van der Waals surface area contributed by atoms with E-state index in [2.05, 4.69) is 4.98 Å². The Hall–Kier alpha value is -1.01. The Morgan fingerprint density at radius 1 is 1.59 bits per heavy atom. The lowest BCUT2D eigenvalue weighted by Gasteiger charge is -2.19. The molecular weight excluding hydrogens is 242 g/mol. The molecule has 0 aromatic carbocycles. The summed E-state index contributed by atoms with van der Waals surface area (Å²) in [4.78, 5) is 15.5. The third kappa shape index (κ3) is 3.47. The molecule has 0 N–H and O–H groups in total. The van der Waals surface area contributed by atoms with E-state index in [0.717, 1.165) is 26.1 Å². The van der Waals surface area contributed by atoms with Gasteiger partial charge < -0.3 is 13.9 Å². The first-order valence-corrected chi connectivity index (χ1v) is 6.54. The predicted molar refractivity (Wildman–Crippen MR) is 62.2 cm³/mol. The van der Waals surface area contributed by atoms with Gasteiger partial charge in [-0.2, -0.15) is 4.98 Å². The summed E-state index contributed by atoms with van der Waals surface area (Å²) >= 11 is 1.56. The van der Waals surface area contributed by atoms with E-state index in [0.29, 0.717) is 17.1 Å². The molecule has 2 rings (SSSR count). The summed E-state index contributed by atoms with van der Waals surface area (Å²) in [7, 11) is 0. The summed E-state index contributed by atoms with van der Waals surface area (Å²) in [5, 5.41) is 0.984. The summed E-state index contributed by atoms with van der Waals surface area (Å²) in [6.45, 7) is 3.66. The Labute approximate surface area is 104 Å². The standard InChI is InChI=1S/C11H15NO4S/c1-2-15-10(13)9-7-16-11(12-9)17-8-3-5-14-6-4-8/h7-8H,2-6H2,1H3. The van der Waals surface area contributed by atoms with E-state index >= 15 is 0 Å². The Morgan fingerprint density at radius 3 is 3.06 bits per heavy atom. The number of thioether (sulfide) groups is 1. The van der Waals surface area contributed by atoms with E-state index in [4.69, 9.17) is 13.9 Å². The summed E-state index contributed by atoms with van der Waals surface area (Å²) in [5.74, 6) is -0.435. The molecule has 0 aliphatic carbocycles. The molecule has 0 amide bonds. The van der Waals surface area contributed by atoms with Crippen molar-refractivity contribution in [1.29, 1.82) is 0 Å². The van der Waals surface area contributed by atoms with Gasteiger partial charge in [0.2, 0.25) is 0 Å². The third-order valence-corrected chi connectivity index (χ3v) is 3.60. The topological polar surface area (TPSA) is 61.6 Å². The molecule has 0 unspecified atom stereocenters. The van der Waals surface area contributed by atoms with Crippen molar-refractivity contribution in [3.05, 3.63) is 12.0 Å². The lowest BCUT2D eigenvalue weighted by Crippen LogP contribution is -2.17. The van der Waals surface area contributed by atoms with Crippen LogP contribution in [0.4, 0.5) is 0 Å². The van der Waals surface area contributed by atoms with Gasteiger partial charge in [0.15, 0.2) is 5.69 Å². The minimum atomic E-state index is -0.435. The highest BCUT2D eigenvalue weighted by molar-refractivity contribution is 7.99. The first-order chi connectivity index (χ1) is 8.29. The molecule has 1 saturated heterocycles. The largest absolute Gasteiger partial charge is 0.461 e. The van der Waals surface area contributed by atoms with Crippen LogP contribution in [-0.2, 0) is 9.47 Å². The van der Waals surface area contributed by atoms with E-state index in [1.165, 1.54) is 6.26 Å². The van der Waals surface area contributed by atoms with Crippen LogP contribution in [0, 0.1) is 0 Å². The average Bonchev–Trinajstić information content (AvgIpc) is 2.79. The highest BCUT2D eigenvalue weighted by Gasteiger charge is 2.19. The van der Waals surface area contributed by atoms with Gasteiger partial charge in [0.25, 0.3) is 5.22 Å². The monoisotopic (exact) mass is 257 g/mol. The van der Waals surface area contributed by atoms with Crippen LogP contribution < -0.4 is 0 Å². The number of nitrogens with zero attached hydrogens (tertiary/aromatic N) is 1. The number of ether oxygens (including phenoxy) is 2. The van der Waals surface area contributed by atoms with Crippen LogP contribution in [0.3, 0.4) is 0 Å². The van der Waals surface area contributed by atoms with Crippen molar-refractivity contribution < 1.29 is 18.7 Å². The molecule has 0 radical (unpaired) electrons. The van der Waals surface area contributed by atoms with Gasteiger partial charge in [-0.3, -0.25) is 0 Å². The van der Waals surface area contributed by atoms with Gasteiger partial charge in [0.05, 0.1) is 6.61 Å². The molecule has 1 aromatic rings. The van der Waals surface area contributed by atoms with Crippen LogP contribution in [0.1, 0.15) is 30.3 Å². The smallest absolute Gasteiger partial charge is 0.360 e. The Bertz CT molecular complexity index is 373. The zero-order valence-corrected chi connectivity index (χ0v) is 10.5. The molecular formula is C11H15NO4S. The van der Waals surface area contributed by atoms with Crippen molar-refractivity contribution in [1.82, 2.24) is 4.98 Å². The number of carbonyl (C=O) groups excluding carboxylic acids is 1. The van der Waals surface area contributed by atoms with Crippen LogP contribution in [0.25, 0.3) is 0 Å². The van der Waals surface area contributed by atoms with E-state index < -0.39 is 5.97 Å². The molecule has 1 aliphatic rings. The molecule has 0 saturated carbocycles. The lowest BCUT2D eigenvalue weighted by molar-refractivity contribution is 0.0519. The second-order valence-electron chi connectivity index (χ2n) is 3.65. The zero-order valence-electron chi connectivity index (χ0n) is 9.68. The number of oxazole rings is 1. The molecule has 0 bridgehead atoms. The summed E-state index contributed by atoms with van der Waals surface area (Å²) in [5.41, 5.74) is 0.237. The number of rotatable bonds is 4. The molecule has 5 nitrogen and oxygen atoms in total. The lowest BCUT2D eigenvalue weighted by atomic mass is 10.2. The maximum atomic E-state index is 11.4. The Morgan fingerprint density at radius 2 is 2.35 bits per heavy atom. The summed E-state index contributed by atoms with van der Waals surface area (Å²) in [6.07, 6.45) is 3.32. The van der Waals surface area contributed by atoms with Crippen LogP contribution in [0.5, 0.6) is 0 Å². The number of hydrogen-bond donors (Lipinski definition) is 0. The van der Waals surface area contributed by atoms with E-state index in [1.54, 1.807) is 18.7 Å². The van der Waals surface area contributed by atoms with Crippen molar-refractivity contribution in [2.24, 2.45) is 0 Å². The maximum absolute atomic E-state index is 11.4. The van der Waals surface area contributed by atoms with Gasteiger partial charge in [0, 0.05) is 18.5 Å². The fraction of sp³-hybridized carbons (Fsp3) is 0.636.